The summed E-state index contributed by atoms with van der Waals surface area (Å²) in [7, 11) is -3.54. The van der Waals surface area contributed by atoms with Gasteiger partial charge in [-0.2, -0.15) is 35.7 Å². The number of ketones is 1. The first-order chi connectivity index (χ1) is 18.6. The van der Waals surface area contributed by atoms with Gasteiger partial charge in [0.05, 0.1) is 22.9 Å². The van der Waals surface area contributed by atoms with Crippen molar-refractivity contribution in [3.63, 3.8) is 0 Å². The van der Waals surface area contributed by atoms with Crippen molar-refractivity contribution in [2.45, 2.75) is 44.1 Å². The van der Waals surface area contributed by atoms with Crippen molar-refractivity contribution in [3.05, 3.63) is 63.7 Å². The maximum absolute atomic E-state index is 14.0. The van der Waals surface area contributed by atoms with Crippen LogP contribution in [0.25, 0.3) is 6.08 Å². The largest absolute Gasteiger partial charge is 0.417 e. The van der Waals surface area contributed by atoms with Crippen LogP contribution in [-0.4, -0.2) is 65.7 Å². The molecule has 216 valence electrons. The van der Waals surface area contributed by atoms with Gasteiger partial charge in [0.2, 0.25) is 10.0 Å². The summed E-state index contributed by atoms with van der Waals surface area (Å²) in [5.74, 6) is -0.744. The Morgan fingerprint density at radius 2 is 1.98 bits per heavy atom. The highest BCUT2D eigenvalue weighted by Crippen LogP contribution is 2.51. The molecule has 3 N–H and O–H groups in total. The molecule has 1 fully saturated rings. The number of allylic oxidation sites excluding steroid dienone is 2. The van der Waals surface area contributed by atoms with Crippen LogP contribution in [-0.2, 0) is 22.6 Å². The van der Waals surface area contributed by atoms with E-state index >= 15 is 0 Å². The van der Waals surface area contributed by atoms with Gasteiger partial charge in [0.1, 0.15) is 17.1 Å². The number of aromatic amines is 1. The lowest BCUT2D eigenvalue weighted by Crippen LogP contribution is -2.53. The number of alkyl halides is 6. The molecular formula is C24H24F6N6O3S. The van der Waals surface area contributed by atoms with Crippen molar-refractivity contribution in [2.24, 2.45) is 5.41 Å². The lowest BCUT2D eigenvalue weighted by atomic mass is 9.60. The molecule has 0 bridgehead atoms. The third-order valence-corrected chi connectivity index (χ3v) is 8.92. The van der Waals surface area contributed by atoms with Crippen molar-refractivity contribution < 1.29 is 39.6 Å². The summed E-state index contributed by atoms with van der Waals surface area (Å²) in [5, 5.41) is 16.6. The second-order valence-electron chi connectivity index (χ2n) is 9.54. The average molecular weight is 591 g/mol. The monoisotopic (exact) mass is 590 g/mol. The minimum atomic E-state index is -4.95. The van der Waals surface area contributed by atoms with Crippen LogP contribution >= 0.6 is 0 Å². The second kappa shape index (κ2) is 10.5. The van der Waals surface area contributed by atoms with Crippen molar-refractivity contribution in [2.75, 3.05) is 13.6 Å². The number of aromatic nitrogens is 3. The van der Waals surface area contributed by atoms with Crippen LogP contribution in [0.15, 0.2) is 41.2 Å². The van der Waals surface area contributed by atoms with Crippen LogP contribution < -0.4 is 5.32 Å². The van der Waals surface area contributed by atoms with Gasteiger partial charge in [-0.3, -0.25) is 14.9 Å². The number of rotatable bonds is 8. The van der Waals surface area contributed by atoms with Crippen LogP contribution in [0.2, 0.25) is 0 Å². The van der Waals surface area contributed by atoms with Crippen LogP contribution in [0.5, 0.6) is 0 Å². The molecule has 0 radical (unpaired) electrons. The summed E-state index contributed by atoms with van der Waals surface area (Å²) >= 11 is 0. The van der Waals surface area contributed by atoms with Gasteiger partial charge >= 0.3 is 12.4 Å². The van der Waals surface area contributed by atoms with E-state index in [0.717, 1.165) is 12.3 Å². The van der Waals surface area contributed by atoms with Crippen LogP contribution in [0.4, 0.5) is 26.3 Å². The van der Waals surface area contributed by atoms with Crippen molar-refractivity contribution in [3.8, 4) is 0 Å². The number of hydrogen-bond acceptors (Lipinski definition) is 7. The fourth-order valence-corrected chi connectivity index (χ4v) is 6.82. The van der Waals surface area contributed by atoms with Gasteiger partial charge in [-0.1, -0.05) is 5.57 Å². The Labute approximate surface area is 224 Å². The molecule has 2 aliphatic carbocycles. The minimum Gasteiger partial charge on any atom is -0.393 e. The molecule has 0 amide bonds. The Hall–Kier alpha value is -3.53. The molecule has 0 unspecified atom stereocenters. The van der Waals surface area contributed by atoms with Gasteiger partial charge in [0.25, 0.3) is 0 Å². The summed E-state index contributed by atoms with van der Waals surface area (Å²) in [5.41, 5.74) is -1.44. The number of halogens is 6. The molecule has 40 heavy (non-hydrogen) atoms. The molecule has 0 aromatic carbocycles. The predicted octanol–water partition coefficient (Wildman–Crippen LogP) is 4.09. The van der Waals surface area contributed by atoms with Gasteiger partial charge in [0.15, 0.2) is 5.78 Å². The Morgan fingerprint density at radius 3 is 2.55 bits per heavy atom. The van der Waals surface area contributed by atoms with E-state index < -0.39 is 63.1 Å². The molecule has 0 saturated heterocycles. The molecule has 2 aromatic rings. The molecule has 4 rings (SSSR count). The fourth-order valence-electron chi connectivity index (χ4n) is 5.24. The van der Waals surface area contributed by atoms with Gasteiger partial charge < -0.3 is 10.7 Å². The topological polar surface area (TPSA) is 132 Å². The number of fused-ring (bicyclic) bond motifs is 2. The van der Waals surface area contributed by atoms with E-state index in [4.69, 9.17) is 5.41 Å². The quantitative estimate of drug-likeness (QED) is 0.241. The van der Waals surface area contributed by atoms with Gasteiger partial charge in [-0.25, -0.2) is 8.42 Å². The van der Waals surface area contributed by atoms with E-state index in [1.54, 1.807) is 6.08 Å². The highest BCUT2D eigenvalue weighted by molar-refractivity contribution is 7.93. The second-order valence-corrected chi connectivity index (χ2v) is 11.4. The van der Waals surface area contributed by atoms with E-state index in [-0.39, 0.29) is 29.3 Å². The van der Waals surface area contributed by atoms with E-state index in [0.29, 0.717) is 35.3 Å². The fraction of sp³-hybridized carbons (Fsp3) is 0.417. The normalized spacial score (nSPS) is 21.9. The van der Waals surface area contributed by atoms with Crippen LogP contribution in [0.1, 0.15) is 46.6 Å². The zero-order valence-electron chi connectivity index (χ0n) is 20.9. The van der Waals surface area contributed by atoms with Gasteiger partial charge in [-0.15, -0.1) is 0 Å². The first-order valence-corrected chi connectivity index (χ1v) is 13.3. The number of nitrogens with one attached hydrogen (secondary N) is 3. The number of pyridine rings is 1. The summed E-state index contributed by atoms with van der Waals surface area (Å²) in [6.07, 6.45) is -5.35. The number of hydrogen-bond donors (Lipinski definition) is 3. The SMILES string of the molecule is CN/C=C(\C=N)S(=O)(=O)N(CC(F)(F)F)[C@H]1CCC2=Cc3[nH]ncc3C[C@]2(C(=O)c2ccc(C(F)(F)F)cn2)C1. The summed E-state index contributed by atoms with van der Waals surface area (Å²) < 4.78 is 107. The zero-order valence-corrected chi connectivity index (χ0v) is 21.7. The third kappa shape index (κ3) is 5.54. The standard InChI is InChI=1S/C24H24F6N6O3S/c1-32-12-18(9-31)40(38,39)36(13-23(25,26)27)17-4-2-15-6-20-14(10-34-35-20)7-22(15,8-17)21(37)19-5-3-16(11-33-19)24(28,29)30/h3,5-6,9-12,17,31-32H,2,4,7-8,13H2,1H3,(H,34,35)/b18-12+,31-9?/t17-,22-/m0/s1. The maximum Gasteiger partial charge on any atom is 0.417 e. The smallest absolute Gasteiger partial charge is 0.393 e. The van der Waals surface area contributed by atoms with E-state index in [9.17, 15) is 39.6 Å². The lowest BCUT2D eigenvalue weighted by molar-refractivity contribution is -0.140. The number of Topliss-reactive ketones (excluding diaryl/α,β-unsaturated/α-hetero) is 1. The number of H-pyrrole nitrogens is 1. The molecular weight excluding hydrogens is 566 g/mol. The Bertz CT molecular complexity index is 1460. The van der Waals surface area contributed by atoms with Gasteiger partial charge in [-0.05, 0) is 49.5 Å². The maximum atomic E-state index is 14.0. The molecule has 1 saturated carbocycles. The number of carbonyl (C=O) groups excluding carboxylic acids is 1. The number of carbonyl (C=O) groups is 1. The van der Waals surface area contributed by atoms with Crippen LogP contribution in [0.3, 0.4) is 0 Å². The van der Waals surface area contributed by atoms with E-state index in [1.165, 1.54) is 13.2 Å². The highest BCUT2D eigenvalue weighted by atomic mass is 32.2. The average Bonchev–Trinajstić information content (AvgIpc) is 3.34. The Morgan fingerprint density at radius 1 is 1.25 bits per heavy atom. The van der Waals surface area contributed by atoms with E-state index in [1.807, 2.05) is 0 Å². The zero-order chi connectivity index (χ0) is 29.5. The summed E-state index contributed by atoms with van der Waals surface area (Å²) in [6, 6.07) is 0.251. The lowest BCUT2D eigenvalue weighted by Gasteiger charge is -2.46. The molecule has 0 spiro atoms. The van der Waals surface area contributed by atoms with Crippen molar-refractivity contribution in [1.29, 1.82) is 5.41 Å². The Kier molecular flexibility index (Phi) is 7.70. The molecule has 9 nitrogen and oxygen atoms in total. The molecule has 2 aromatic heterocycles. The minimum absolute atomic E-state index is 0.0229. The summed E-state index contributed by atoms with van der Waals surface area (Å²) in [4.78, 5) is 17.0. The number of sulfonamides is 1. The van der Waals surface area contributed by atoms with Gasteiger partial charge in [0, 0.05) is 31.7 Å². The molecule has 0 aliphatic heterocycles. The van der Waals surface area contributed by atoms with Crippen LogP contribution in [0, 0.1) is 10.8 Å². The molecule has 2 heterocycles. The highest BCUT2D eigenvalue weighted by Gasteiger charge is 2.53. The van der Waals surface area contributed by atoms with Crippen molar-refractivity contribution >= 4 is 28.1 Å². The van der Waals surface area contributed by atoms with E-state index in [2.05, 4.69) is 20.5 Å². The first-order valence-electron chi connectivity index (χ1n) is 11.9. The molecule has 2 atom stereocenters. The van der Waals surface area contributed by atoms with Crippen molar-refractivity contribution in [1.82, 2.24) is 24.8 Å². The molecule has 2 aliphatic rings. The third-order valence-electron chi connectivity index (χ3n) is 7.04. The molecule has 16 heteroatoms. The first kappa shape index (κ1) is 29.5. The Balaban J connectivity index is 1.81. The predicted molar refractivity (Wildman–Crippen MR) is 132 cm³/mol. The number of nitrogens with zero attached hydrogens (tertiary/aromatic N) is 3. The summed E-state index contributed by atoms with van der Waals surface area (Å²) in [6.45, 7) is -1.87.